The summed E-state index contributed by atoms with van der Waals surface area (Å²) in [5.74, 6) is 0.318. The van der Waals surface area contributed by atoms with Crippen molar-refractivity contribution in [3.8, 4) is 0 Å². The third kappa shape index (κ3) is 4.35. The number of furan rings is 1. The molecule has 0 radical (unpaired) electrons. The lowest BCUT2D eigenvalue weighted by Gasteiger charge is -2.11. The van der Waals surface area contributed by atoms with E-state index in [0.717, 1.165) is 5.76 Å². The number of rotatable bonds is 6. The Morgan fingerprint density at radius 1 is 0.840 bits per heavy atom. The minimum absolute atomic E-state index is 0.240. The highest BCUT2D eigenvalue weighted by Crippen LogP contribution is 2.16. The highest BCUT2D eigenvalue weighted by atomic mass is 16.3. The number of carbonyl (C=O) groups is 2. The van der Waals surface area contributed by atoms with Crippen molar-refractivity contribution in [2.24, 2.45) is 0 Å². The van der Waals surface area contributed by atoms with Gasteiger partial charge in [0.2, 0.25) is 0 Å². The zero-order valence-corrected chi connectivity index (χ0v) is 13.6. The van der Waals surface area contributed by atoms with Crippen LogP contribution in [-0.2, 0) is 6.42 Å². The predicted molar refractivity (Wildman–Crippen MR) is 95.6 cm³/mol. The molecule has 25 heavy (non-hydrogen) atoms. The second kappa shape index (κ2) is 7.97. The molecule has 0 aliphatic rings. The van der Waals surface area contributed by atoms with Crippen molar-refractivity contribution in [1.82, 2.24) is 5.32 Å². The van der Waals surface area contributed by atoms with Gasteiger partial charge in [0, 0.05) is 18.5 Å². The minimum Gasteiger partial charge on any atom is -0.469 e. The monoisotopic (exact) mass is 334 g/mol. The molecule has 126 valence electrons. The fourth-order valence-electron chi connectivity index (χ4n) is 2.42. The van der Waals surface area contributed by atoms with Gasteiger partial charge in [-0.2, -0.15) is 0 Å². The largest absolute Gasteiger partial charge is 0.469 e. The van der Waals surface area contributed by atoms with Crippen LogP contribution >= 0.6 is 0 Å². The summed E-state index contributed by atoms with van der Waals surface area (Å²) in [5, 5.41) is 5.63. The maximum Gasteiger partial charge on any atom is 0.255 e. The van der Waals surface area contributed by atoms with Crippen LogP contribution in [0, 0.1) is 0 Å². The number of anilines is 1. The average molecular weight is 334 g/mol. The lowest BCUT2D eigenvalue weighted by molar-refractivity contribution is 0.0954. The lowest BCUT2D eigenvalue weighted by atomic mass is 10.1. The molecule has 0 saturated carbocycles. The number of amides is 2. The van der Waals surface area contributed by atoms with Crippen molar-refractivity contribution in [2.45, 2.75) is 6.42 Å². The Morgan fingerprint density at radius 2 is 1.60 bits per heavy atom. The minimum atomic E-state index is -0.253. The van der Waals surface area contributed by atoms with Crippen molar-refractivity contribution < 1.29 is 14.0 Å². The average Bonchev–Trinajstić information content (AvgIpc) is 3.16. The van der Waals surface area contributed by atoms with E-state index in [9.17, 15) is 9.59 Å². The van der Waals surface area contributed by atoms with Crippen LogP contribution in [0.3, 0.4) is 0 Å². The van der Waals surface area contributed by atoms with Gasteiger partial charge >= 0.3 is 0 Å². The molecule has 0 bridgehead atoms. The number of hydrogen-bond acceptors (Lipinski definition) is 3. The highest BCUT2D eigenvalue weighted by Gasteiger charge is 2.13. The van der Waals surface area contributed by atoms with Crippen LogP contribution in [0.4, 0.5) is 5.69 Å². The summed E-state index contributed by atoms with van der Waals surface area (Å²) in [6.45, 7) is 0.452. The second-order valence-electron chi connectivity index (χ2n) is 5.45. The van der Waals surface area contributed by atoms with Gasteiger partial charge in [0.15, 0.2) is 0 Å². The van der Waals surface area contributed by atoms with Crippen LogP contribution in [0.5, 0.6) is 0 Å². The molecule has 0 unspecified atom stereocenters. The second-order valence-corrected chi connectivity index (χ2v) is 5.45. The van der Waals surface area contributed by atoms with E-state index < -0.39 is 0 Å². The van der Waals surface area contributed by atoms with Gasteiger partial charge in [0.25, 0.3) is 11.8 Å². The molecule has 2 N–H and O–H groups in total. The highest BCUT2D eigenvalue weighted by molar-refractivity contribution is 6.08. The van der Waals surface area contributed by atoms with Crippen LogP contribution < -0.4 is 10.6 Å². The molecular formula is C20H18N2O3. The van der Waals surface area contributed by atoms with Gasteiger partial charge in [0.05, 0.1) is 17.5 Å². The molecule has 2 amide bonds. The van der Waals surface area contributed by atoms with Crippen LogP contribution in [0.15, 0.2) is 77.4 Å². The summed E-state index contributed by atoms with van der Waals surface area (Å²) >= 11 is 0. The first-order valence-electron chi connectivity index (χ1n) is 8.00. The van der Waals surface area contributed by atoms with Crippen LogP contribution in [0.25, 0.3) is 0 Å². The van der Waals surface area contributed by atoms with E-state index in [0.29, 0.717) is 29.8 Å². The van der Waals surface area contributed by atoms with Gasteiger partial charge in [-0.1, -0.05) is 30.3 Å². The van der Waals surface area contributed by atoms with E-state index in [1.807, 2.05) is 18.2 Å². The van der Waals surface area contributed by atoms with E-state index in [2.05, 4.69) is 10.6 Å². The number of benzene rings is 2. The Hall–Kier alpha value is -3.34. The fourth-order valence-corrected chi connectivity index (χ4v) is 2.42. The summed E-state index contributed by atoms with van der Waals surface area (Å²) < 4.78 is 5.24. The predicted octanol–water partition coefficient (Wildman–Crippen LogP) is 3.50. The molecule has 1 aromatic heterocycles. The Bertz CT molecular complexity index is 842. The molecular weight excluding hydrogens is 316 g/mol. The molecule has 0 fully saturated rings. The molecule has 1 heterocycles. The van der Waals surface area contributed by atoms with E-state index >= 15 is 0 Å². The van der Waals surface area contributed by atoms with Gasteiger partial charge in [-0.05, 0) is 36.4 Å². The fraction of sp³-hybridized carbons (Fsp3) is 0.100. The molecule has 5 nitrogen and oxygen atoms in total. The van der Waals surface area contributed by atoms with Gasteiger partial charge < -0.3 is 15.1 Å². The summed E-state index contributed by atoms with van der Waals surface area (Å²) in [7, 11) is 0. The van der Waals surface area contributed by atoms with E-state index in [1.54, 1.807) is 54.8 Å². The maximum absolute atomic E-state index is 12.4. The number of hydrogen-bond donors (Lipinski definition) is 2. The Labute approximate surface area is 145 Å². The number of para-hydroxylation sites is 1. The first kappa shape index (κ1) is 16.5. The normalized spacial score (nSPS) is 10.2. The van der Waals surface area contributed by atoms with Crippen LogP contribution in [-0.4, -0.2) is 18.4 Å². The van der Waals surface area contributed by atoms with Gasteiger partial charge in [-0.25, -0.2) is 0 Å². The molecule has 2 aromatic carbocycles. The van der Waals surface area contributed by atoms with E-state index in [4.69, 9.17) is 4.42 Å². The van der Waals surface area contributed by atoms with Crippen LogP contribution in [0.2, 0.25) is 0 Å². The van der Waals surface area contributed by atoms with Crippen LogP contribution in [0.1, 0.15) is 26.5 Å². The van der Waals surface area contributed by atoms with Gasteiger partial charge in [-0.15, -0.1) is 0 Å². The molecule has 3 rings (SSSR count). The molecule has 0 atom stereocenters. The standard InChI is InChI=1S/C20H18N2O3/c23-19(15-7-2-1-3-8-15)22-18-11-5-4-10-17(18)20(24)21-13-12-16-9-6-14-25-16/h1-11,14H,12-13H2,(H,21,24)(H,22,23). The van der Waals surface area contributed by atoms with Crippen molar-refractivity contribution >= 4 is 17.5 Å². The smallest absolute Gasteiger partial charge is 0.255 e. The first-order valence-corrected chi connectivity index (χ1v) is 8.00. The molecule has 3 aromatic rings. The van der Waals surface area contributed by atoms with E-state index in [1.165, 1.54) is 0 Å². The summed E-state index contributed by atoms with van der Waals surface area (Å²) in [5.41, 5.74) is 1.44. The molecule has 0 spiro atoms. The molecule has 0 aliphatic carbocycles. The third-order valence-electron chi connectivity index (χ3n) is 3.69. The maximum atomic E-state index is 12.4. The van der Waals surface area contributed by atoms with Crippen molar-refractivity contribution in [3.63, 3.8) is 0 Å². The Morgan fingerprint density at radius 3 is 2.36 bits per heavy atom. The van der Waals surface area contributed by atoms with Crippen molar-refractivity contribution in [3.05, 3.63) is 89.9 Å². The molecule has 5 heteroatoms. The zero-order chi connectivity index (χ0) is 17.5. The number of nitrogens with one attached hydrogen (secondary N) is 2. The lowest BCUT2D eigenvalue weighted by Crippen LogP contribution is -2.27. The van der Waals surface area contributed by atoms with Crippen molar-refractivity contribution in [1.29, 1.82) is 0 Å². The van der Waals surface area contributed by atoms with Crippen molar-refractivity contribution in [2.75, 3.05) is 11.9 Å². The summed E-state index contributed by atoms with van der Waals surface area (Å²) in [4.78, 5) is 24.7. The summed E-state index contributed by atoms with van der Waals surface area (Å²) in [6, 6.07) is 19.5. The van der Waals surface area contributed by atoms with E-state index in [-0.39, 0.29) is 11.8 Å². The quantitative estimate of drug-likeness (QED) is 0.725. The van der Waals surface area contributed by atoms with Gasteiger partial charge in [-0.3, -0.25) is 9.59 Å². The molecule has 0 aliphatic heterocycles. The summed E-state index contributed by atoms with van der Waals surface area (Å²) in [6.07, 6.45) is 2.21. The Kier molecular flexibility index (Phi) is 5.26. The SMILES string of the molecule is O=C(Nc1ccccc1C(=O)NCCc1ccco1)c1ccccc1. The molecule has 0 saturated heterocycles. The Balaban J connectivity index is 1.65. The number of carbonyl (C=O) groups excluding carboxylic acids is 2. The van der Waals surface area contributed by atoms with Gasteiger partial charge in [0.1, 0.15) is 5.76 Å². The topological polar surface area (TPSA) is 71.3 Å². The third-order valence-corrected chi connectivity index (χ3v) is 3.69. The zero-order valence-electron chi connectivity index (χ0n) is 13.6. The first-order chi connectivity index (χ1) is 12.2.